The van der Waals surface area contributed by atoms with Crippen molar-refractivity contribution in [1.29, 1.82) is 0 Å². The quantitative estimate of drug-likeness (QED) is 0.617. The van der Waals surface area contributed by atoms with Crippen molar-refractivity contribution in [2.45, 2.75) is 30.4 Å². The van der Waals surface area contributed by atoms with Crippen molar-refractivity contribution in [3.05, 3.63) is 33.5 Å². The van der Waals surface area contributed by atoms with Crippen LogP contribution in [0.25, 0.3) is 0 Å². The molecule has 1 aliphatic heterocycles. The van der Waals surface area contributed by atoms with Gasteiger partial charge in [-0.3, -0.25) is 9.69 Å². The van der Waals surface area contributed by atoms with Gasteiger partial charge in [0.15, 0.2) is 0 Å². The van der Waals surface area contributed by atoms with Crippen molar-refractivity contribution >= 4 is 49.6 Å². The second kappa shape index (κ2) is 9.60. The molecule has 4 rings (SSSR count). The minimum absolute atomic E-state index is 0.145. The standard InChI is InChI=1S/C21H27N3O5S3/c1-14-5-6-15-16(12-14)31-20(19(15)21(26)29-2)22-17(25)13-23-7-9-24(10-8-23)32(27,28)18-4-3-11-30-18/h3-4,11,14H,5-10,12-13H2,1-2H3,(H,22,25)/t14-/m0/s1. The molecule has 0 unspecified atom stereocenters. The van der Waals surface area contributed by atoms with E-state index in [0.717, 1.165) is 29.7 Å². The number of rotatable bonds is 6. The first-order valence-electron chi connectivity index (χ1n) is 10.6. The molecular formula is C21H27N3O5S3. The number of carbonyl (C=O) groups excluding carboxylic acids is 2. The molecule has 8 nitrogen and oxygen atoms in total. The molecule has 1 amide bonds. The fourth-order valence-corrected chi connectivity index (χ4v) is 8.17. The highest BCUT2D eigenvalue weighted by molar-refractivity contribution is 7.91. The number of carbonyl (C=O) groups is 2. The van der Waals surface area contributed by atoms with Gasteiger partial charge in [0.05, 0.1) is 19.2 Å². The number of hydrogen-bond donors (Lipinski definition) is 1. The minimum Gasteiger partial charge on any atom is -0.465 e. The molecular weight excluding hydrogens is 470 g/mol. The molecule has 2 aromatic heterocycles. The third-order valence-electron chi connectivity index (χ3n) is 5.94. The summed E-state index contributed by atoms with van der Waals surface area (Å²) in [5.74, 6) is -0.0759. The van der Waals surface area contributed by atoms with E-state index in [1.54, 1.807) is 17.5 Å². The number of hydrogen-bond acceptors (Lipinski definition) is 8. The minimum atomic E-state index is -3.47. The van der Waals surface area contributed by atoms with Gasteiger partial charge in [-0.1, -0.05) is 13.0 Å². The first-order chi connectivity index (χ1) is 15.3. The molecule has 0 saturated carbocycles. The molecule has 1 N–H and O–H groups in total. The van der Waals surface area contributed by atoms with Gasteiger partial charge in [0.25, 0.3) is 10.0 Å². The fourth-order valence-electron chi connectivity index (χ4n) is 4.19. The number of anilines is 1. The van der Waals surface area contributed by atoms with Crippen molar-refractivity contribution in [2.24, 2.45) is 5.92 Å². The first kappa shape index (κ1) is 23.4. The Kier molecular flexibility index (Phi) is 7.01. The lowest BCUT2D eigenvalue weighted by molar-refractivity contribution is -0.117. The molecule has 0 bridgehead atoms. The average molecular weight is 498 g/mol. The van der Waals surface area contributed by atoms with Crippen LogP contribution in [-0.2, 0) is 32.4 Å². The second-order valence-corrected chi connectivity index (χ2v) is 12.4. The number of sulfonamides is 1. The maximum atomic E-state index is 12.8. The number of esters is 1. The summed E-state index contributed by atoms with van der Waals surface area (Å²) < 4.78 is 32.1. The molecule has 174 valence electrons. The lowest BCUT2D eigenvalue weighted by Gasteiger charge is -2.33. The van der Waals surface area contributed by atoms with Crippen LogP contribution in [0.5, 0.6) is 0 Å². The van der Waals surface area contributed by atoms with Crippen molar-refractivity contribution in [1.82, 2.24) is 9.21 Å². The van der Waals surface area contributed by atoms with E-state index in [4.69, 9.17) is 4.74 Å². The average Bonchev–Trinajstić information content (AvgIpc) is 3.41. The van der Waals surface area contributed by atoms with E-state index in [9.17, 15) is 18.0 Å². The van der Waals surface area contributed by atoms with Crippen LogP contribution in [0, 0.1) is 5.92 Å². The summed E-state index contributed by atoms with van der Waals surface area (Å²) in [6.45, 7) is 3.96. The Morgan fingerprint density at radius 1 is 1.25 bits per heavy atom. The summed E-state index contributed by atoms with van der Waals surface area (Å²) in [5, 5.41) is 5.22. The molecule has 0 radical (unpaired) electrons. The number of piperazine rings is 1. The molecule has 2 aromatic rings. The number of nitrogens with zero attached hydrogens (tertiary/aromatic N) is 2. The first-order valence-corrected chi connectivity index (χ1v) is 13.7. The number of ether oxygens (including phenoxy) is 1. The van der Waals surface area contributed by atoms with E-state index in [-0.39, 0.29) is 12.5 Å². The van der Waals surface area contributed by atoms with Crippen molar-refractivity contribution in [3.8, 4) is 0 Å². The van der Waals surface area contributed by atoms with Crippen LogP contribution in [0.4, 0.5) is 5.00 Å². The van der Waals surface area contributed by atoms with Gasteiger partial charge in [0, 0.05) is 31.1 Å². The monoisotopic (exact) mass is 497 g/mol. The van der Waals surface area contributed by atoms with Crippen molar-refractivity contribution in [3.63, 3.8) is 0 Å². The zero-order chi connectivity index (χ0) is 22.9. The number of fused-ring (bicyclic) bond motifs is 1. The van der Waals surface area contributed by atoms with Crippen LogP contribution >= 0.6 is 22.7 Å². The van der Waals surface area contributed by atoms with E-state index >= 15 is 0 Å². The van der Waals surface area contributed by atoms with E-state index in [0.29, 0.717) is 46.9 Å². The highest BCUT2D eigenvalue weighted by Crippen LogP contribution is 2.40. The maximum Gasteiger partial charge on any atom is 0.341 e. The van der Waals surface area contributed by atoms with Crippen LogP contribution in [0.15, 0.2) is 21.7 Å². The molecule has 1 fully saturated rings. The molecule has 0 aromatic carbocycles. The Hall–Kier alpha value is -1.79. The van der Waals surface area contributed by atoms with Crippen molar-refractivity contribution in [2.75, 3.05) is 45.2 Å². The fraction of sp³-hybridized carbons (Fsp3) is 0.524. The SMILES string of the molecule is COC(=O)c1c(NC(=O)CN2CCN(S(=O)(=O)c3cccs3)CC2)sc2c1CC[C@H](C)C2. The Balaban J connectivity index is 1.38. The summed E-state index contributed by atoms with van der Waals surface area (Å²) in [4.78, 5) is 28.2. The number of amides is 1. The highest BCUT2D eigenvalue weighted by atomic mass is 32.2. The Morgan fingerprint density at radius 3 is 2.66 bits per heavy atom. The zero-order valence-electron chi connectivity index (χ0n) is 18.1. The molecule has 2 aliphatic rings. The van der Waals surface area contributed by atoms with Gasteiger partial charge in [-0.15, -0.1) is 22.7 Å². The lowest BCUT2D eigenvalue weighted by atomic mass is 9.88. The van der Waals surface area contributed by atoms with E-state index < -0.39 is 16.0 Å². The topological polar surface area (TPSA) is 96.0 Å². The number of nitrogens with one attached hydrogen (secondary N) is 1. The smallest absolute Gasteiger partial charge is 0.341 e. The van der Waals surface area contributed by atoms with Crippen molar-refractivity contribution < 1.29 is 22.7 Å². The molecule has 1 aliphatic carbocycles. The predicted molar refractivity (Wildman–Crippen MR) is 125 cm³/mol. The summed E-state index contributed by atoms with van der Waals surface area (Å²) in [6, 6.07) is 3.34. The second-order valence-electron chi connectivity index (χ2n) is 8.21. The molecule has 11 heteroatoms. The van der Waals surface area contributed by atoms with Gasteiger partial charge in [0.2, 0.25) is 5.91 Å². The van der Waals surface area contributed by atoms with Crippen LogP contribution in [-0.4, -0.2) is 69.3 Å². The Bertz CT molecular complexity index is 1090. The van der Waals surface area contributed by atoms with Crippen LogP contribution in [0.1, 0.15) is 34.1 Å². The highest BCUT2D eigenvalue weighted by Gasteiger charge is 2.31. The number of methoxy groups -OCH3 is 1. The zero-order valence-corrected chi connectivity index (χ0v) is 20.6. The lowest BCUT2D eigenvalue weighted by Crippen LogP contribution is -2.50. The van der Waals surface area contributed by atoms with Gasteiger partial charge in [0.1, 0.15) is 9.21 Å². The van der Waals surface area contributed by atoms with Gasteiger partial charge in [-0.2, -0.15) is 4.31 Å². The van der Waals surface area contributed by atoms with Crippen LogP contribution in [0.2, 0.25) is 0 Å². The van der Waals surface area contributed by atoms with E-state index in [1.165, 1.54) is 34.1 Å². The van der Waals surface area contributed by atoms with Gasteiger partial charge in [-0.25, -0.2) is 13.2 Å². The van der Waals surface area contributed by atoms with Gasteiger partial charge in [-0.05, 0) is 42.2 Å². The molecule has 0 spiro atoms. The van der Waals surface area contributed by atoms with Crippen LogP contribution in [0.3, 0.4) is 0 Å². The molecule has 32 heavy (non-hydrogen) atoms. The van der Waals surface area contributed by atoms with E-state index in [1.807, 2.05) is 4.90 Å². The summed E-state index contributed by atoms with van der Waals surface area (Å²) in [6.07, 6.45) is 2.73. The largest absolute Gasteiger partial charge is 0.465 e. The van der Waals surface area contributed by atoms with Gasteiger partial charge < -0.3 is 10.1 Å². The molecule has 1 atom stereocenters. The molecule has 3 heterocycles. The Labute approximate surface area is 196 Å². The summed E-state index contributed by atoms with van der Waals surface area (Å²) >= 11 is 2.67. The third kappa shape index (κ3) is 4.76. The maximum absolute atomic E-state index is 12.8. The van der Waals surface area contributed by atoms with E-state index in [2.05, 4.69) is 12.2 Å². The predicted octanol–water partition coefficient (Wildman–Crippen LogP) is 2.67. The third-order valence-corrected chi connectivity index (χ3v) is 10.4. The van der Waals surface area contributed by atoms with Crippen LogP contribution < -0.4 is 5.32 Å². The summed E-state index contributed by atoms with van der Waals surface area (Å²) in [7, 11) is -2.11. The normalized spacial score (nSPS) is 20.0. The Morgan fingerprint density at radius 2 is 2.00 bits per heavy atom. The summed E-state index contributed by atoms with van der Waals surface area (Å²) in [5.41, 5.74) is 1.49. The van der Waals surface area contributed by atoms with Gasteiger partial charge >= 0.3 is 5.97 Å². The molecule has 1 saturated heterocycles. The number of thiophene rings is 2.